The van der Waals surface area contributed by atoms with Crippen LogP contribution in [-0.2, 0) is 0 Å². The molecule has 0 aromatic carbocycles. The van der Waals surface area contributed by atoms with Crippen molar-refractivity contribution in [1.29, 1.82) is 0 Å². The van der Waals surface area contributed by atoms with Crippen molar-refractivity contribution in [1.82, 2.24) is 0 Å². The van der Waals surface area contributed by atoms with Crippen LogP contribution in [0.5, 0.6) is 0 Å². The SMILES string of the molecule is C=CCSSBr. The monoisotopic (exact) mass is 184 g/mol. The molecule has 3 heteroatoms. The molecule has 0 spiro atoms. The van der Waals surface area contributed by atoms with Gasteiger partial charge >= 0.3 is 0 Å². The van der Waals surface area contributed by atoms with Gasteiger partial charge < -0.3 is 0 Å². The number of hydrogen-bond donors (Lipinski definition) is 0. The smallest absolute Gasteiger partial charge is 0.0223 e. The lowest BCUT2D eigenvalue weighted by molar-refractivity contribution is 1.84. The third-order valence-corrected chi connectivity index (χ3v) is 3.05. The molecule has 0 radical (unpaired) electrons. The third kappa shape index (κ3) is 4.92. The largest absolute Gasteiger partial charge is 0.102 e. The Balaban J connectivity index is 2.49. The van der Waals surface area contributed by atoms with Crippen LogP contribution in [0.2, 0.25) is 0 Å². The molecular weight excluding hydrogens is 180 g/mol. The average molecular weight is 185 g/mol. The Labute approximate surface area is 53.4 Å². The molecule has 0 rings (SSSR count). The van der Waals surface area contributed by atoms with E-state index >= 15 is 0 Å². The predicted octanol–water partition coefficient (Wildman–Crippen LogP) is 2.86. The van der Waals surface area contributed by atoms with Gasteiger partial charge in [0.05, 0.1) is 0 Å². The van der Waals surface area contributed by atoms with E-state index in [1.165, 1.54) is 0 Å². The van der Waals surface area contributed by atoms with Crippen LogP contribution in [0.25, 0.3) is 0 Å². The minimum atomic E-state index is 1.01. The average Bonchev–Trinajstić information content (AvgIpc) is 1.61. The molecule has 0 saturated carbocycles. The van der Waals surface area contributed by atoms with Gasteiger partial charge in [0, 0.05) is 20.6 Å². The van der Waals surface area contributed by atoms with Crippen molar-refractivity contribution in [2.45, 2.75) is 0 Å². The van der Waals surface area contributed by atoms with E-state index in [0.29, 0.717) is 0 Å². The molecule has 6 heavy (non-hydrogen) atoms. The molecule has 0 atom stereocenters. The molecule has 0 aromatic rings. The zero-order valence-corrected chi connectivity index (χ0v) is 6.41. The van der Waals surface area contributed by atoms with Gasteiger partial charge in [0.15, 0.2) is 0 Å². The second-order valence-corrected chi connectivity index (χ2v) is 4.80. The molecule has 0 saturated heterocycles. The summed E-state index contributed by atoms with van der Waals surface area (Å²) in [6, 6.07) is 0. The predicted molar refractivity (Wildman–Crippen MR) is 39.2 cm³/mol. The van der Waals surface area contributed by atoms with Gasteiger partial charge in [-0.2, -0.15) is 0 Å². The first-order chi connectivity index (χ1) is 2.91. The van der Waals surface area contributed by atoms with Crippen molar-refractivity contribution < 1.29 is 0 Å². The van der Waals surface area contributed by atoms with Gasteiger partial charge in [-0.15, -0.1) is 6.58 Å². The summed E-state index contributed by atoms with van der Waals surface area (Å²) in [4.78, 5) is 0. The van der Waals surface area contributed by atoms with Crippen molar-refractivity contribution in [2.75, 3.05) is 5.75 Å². The van der Waals surface area contributed by atoms with Crippen LogP contribution in [0.1, 0.15) is 0 Å². The van der Waals surface area contributed by atoms with Gasteiger partial charge in [-0.3, -0.25) is 0 Å². The molecule has 0 amide bonds. The fraction of sp³-hybridized carbons (Fsp3) is 0.333. The Morgan fingerprint density at radius 1 is 1.83 bits per heavy atom. The van der Waals surface area contributed by atoms with Gasteiger partial charge in [0.1, 0.15) is 0 Å². The Hall–Kier alpha value is 0.920. The first-order valence-electron chi connectivity index (χ1n) is 1.43. The van der Waals surface area contributed by atoms with Gasteiger partial charge in [0.2, 0.25) is 0 Å². The maximum atomic E-state index is 3.54. The van der Waals surface area contributed by atoms with E-state index in [0.717, 1.165) is 5.75 Å². The highest BCUT2D eigenvalue weighted by molar-refractivity contribution is 9.60. The van der Waals surface area contributed by atoms with Crippen LogP contribution in [0.15, 0.2) is 12.7 Å². The maximum Gasteiger partial charge on any atom is 0.0223 e. The molecule has 0 aliphatic rings. The van der Waals surface area contributed by atoms with Gasteiger partial charge in [0.25, 0.3) is 0 Å². The molecule has 0 aliphatic carbocycles. The minimum Gasteiger partial charge on any atom is -0.102 e. The summed E-state index contributed by atoms with van der Waals surface area (Å²) in [5.74, 6) is 1.01. The molecular formula is C3H5BrS2. The third-order valence-electron chi connectivity index (χ3n) is 0.230. The quantitative estimate of drug-likeness (QED) is 0.376. The molecule has 0 fully saturated rings. The Bertz CT molecular complexity index is 37.8. The highest BCUT2D eigenvalue weighted by atomic mass is 79.9. The molecule has 0 N–H and O–H groups in total. The minimum absolute atomic E-state index is 1.01. The van der Waals surface area contributed by atoms with E-state index in [9.17, 15) is 0 Å². The molecule has 0 aromatic heterocycles. The number of hydrogen-bond acceptors (Lipinski definition) is 2. The summed E-state index contributed by atoms with van der Waals surface area (Å²) >= 11 is 3.18. The molecule has 0 heterocycles. The second-order valence-electron chi connectivity index (χ2n) is 0.636. The summed E-state index contributed by atoms with van der Waals surface area (Å²) in [7, 11) is 3.31. The number of halogens is 1. The highest BCUT2D eigenvalue weighted by Crippen LogP contribution is 2.27. The van der Waals surface area contributed by atoms with E-state index < -0.39 is 0 Å². The summed E-state index contributed by atoms with van der Waals surface area (Å²) in [5, 5.41) is 0. The van der Waals surface area contributed by atoms with Crippen molar-refractivity contribution in [2.24, 2.45) is 0 Å². The Morgan fingerprint density at radius 3 is 2.67 bits per heavy atom. The molecule has 0 aliphatic heterocycles. The summed E-state index contributed by atoms with van der Waals surface area (Å²) < 4.78 is 0. The van der Waals surface area contributed by atoms with Crippen LogP contribution in [-0.4, -0.2) is 5.75 Å². The lowest BCUT2D eigenvalue weighted by Crippen LogP contribution is -1.54. The fourth-order valence-corrected chi connectivity index (χ4v) is 1.64. The van der Waals surface area contributed by atoms with E-state index in [-0.39, 0.29) is 0 Å². The second kappa shape index (κ2) is 5.92. The zero-order chi connectivity index (χ0) is 4.83. The normalized spacial score (nSPS) is 8.17. The van der Waals surface area contributed by atoms with Crippen LogP contribution >= 0.6 is 34.8 Å². The topological polar surface area (TPSA) is 0 Å². The van der Waals surface area contributed by atoms with Crippen molar-refractivity contribution in [3.8, 4) is 0 Å². The van der Waals surface area contributed by atoms with Crippen molar-refractivity contribution in [3.05, 3.63) is 12.7 Å². The first kappa shape index (κ1) is 6.92. The molecule has 36 valence electrons. The van der Waals surface area contributed by atoms with Crippen LogP contribution in [0.3, 0.4) is 0 Å². The fourth-order valence-electron chi connectivity index (χ4n) is 0.0738. The van der Waals surface area contributed by atoms with Crippen molar-refractivity contribution >= 4 is 34.8 Å². The van der Waals surface area contributed by atoms with Crippen LogP contribution in [0, 0.1) is 0 Å². The first-order valence-corrected chi connectivity index (χ1v) is 5.59. The Kier molecular flexibility index (Phi) is 6.83. The standard InChI is InChI=1S/C3H5BrS2/c1-2-3-5-6-4/h2H,1,3H2. The highest BCUT2D eigenvalue weighted by Gasteiger charge is 1.73. The van der Waals surface area contributed by atoms with E-state index in [1.54, 1.807) is 20.0 Å². The molecule has 0 bridgehead atoms. The summed E-state index contributed by atoms with van der Waals surface area (Å²) in [6.07, 6.45) is 1.87. The van der Waals surface area contributed by atoms with E-state index in [4.69, 9.17) is 0 Å². The molecule has 0 nitrogen and oxygen atoms in total. The summed E-state index contributed by atoms with van der Waals surface area (Å²) in [5.41, 5.74) is 0. The van der Waals surface area contributed by atoms with Crippen molar-refractivity contribution in [3.63, 3.8) is 0 Å². The van der Waals surface area contributed by atoms with Crippen LogP contribution < -0.4 is 0 Å². The zero-order valence-electron chi connectivity index (χ0n) is 3.19. The summed E-state index contributed by atoms with van der Waals surface area (Å²) in [6.45, 7) is 3.54. The Morgan fingerprint density at radius 2 is 2.50 bits per heavy atom. The van der Waals surface area contributed by atoms with Gasteiger partial charge in [-0.25, -0.2) is 0 Å². The van der Waals surface area contributed by atoms with Gasteiger partial charge in [-0.1, -0.05) is 16.9 Å². The maximum absolute atomic E-state index is 3.54. The lowest BCUT2D eigenvalue weighted by Gasteiger charge is -1.79. The lowest BCUT2D eigenvalue weighted by atomic mass is 10.8. The molecule has 0 unspecified atom stereocenters. The van der Waals surface area contributed by atoms with Gasteiger partial charge in [-0.05, 0) is 9.23 Å². The number of rotatable bonds is 3. The van der Waals surface area contributed by atoms with Crippen LogP contribution in [0.4, 0.5) is 0 Å². The van der Waals surface area contributed by atoms with E-state index in [1.807, 2.05) is 6.08 Å². The van der Waals surface area contributed by atoms with E-state index in [2.05, 4.69) is 21.4 Å².